The number of amides is 1. The lowest BCUT2D eigenvalue weighted by Gasteiger charge is -2.15. The van der Waals surface area contributed by atoms with E-state index in [1.165, 1.54) is 39.5 Å². The second kappa shape index (κ2) is 9.94. The molecule has 0 bridgehead atoms. The molecule has 8 nitrogen and oxygen atoms in total. The third kappa shape index (κ3) is 5.15. The Morgan fingerprint density at radius 1 is 0.743 bits per heavy atom. The van der Waals surface area contributed by atoms with Gasteiger partial charge in [-0.3, -0.25) is 9.52 Å². The molecule has 9 heteroatoms. The second-order valence-electron chi connectivity index (χ2n) is 7.55. The minimum atomic E-state index is -3.94. The van der Waals surface area contributed by atoms with Gasteiger partial charge in [0.05, 0.1) is 37.5 Å². The number of methoxy groups -OCH3 is 3. The van der Waals surface area contributed by atoms with Crippen molar-refractivity contribution in [3.05, 3.63) is 84.4 Å². The highest BCUT2D eigenvalue weighted by Crippen LogP contribution is 2.31. The summed E-state index contributed by atoms with van der Waals surface area (Å²) in [7, 11) is 0.504. The number of hydrogen-bond donors (Lipinski definition) is 2. The summed E-state index contributed by atoms with van der Waals surface area (Å²) in [5.41, 5.74) is 0.872. The van der Waals surface area contributed by atoms with E-state index >= 15 is 0 Å². The molecule has 0 radical (unpaired) electrons. The number of benzene rings is 4. The van der Waals surface area contributed by atoms with E-state index in [-0.39, 0.29) is 10.6 Å². The number of rotatable bonds is 8. The van der Waals surface area contributed by atoms with Gasteiger partial charge in [-0.1, -0.05) is 24.3 Å². The topological polar surface area (TPSA) is 103 Å². The van der Waals surface area contributed by atoms with Crippen molar-refractivity contribution in [2.24, 2.45) is 0 Å². The van der Waals surface area contributed by atoms with Crippen LogP contribution in [0, 0.1) is 0 Å². The van der Waals surface area contributed by atoms with Gasteiger partial charge >= 0.3 is 0 Å². The lowest BCUT2D eigenvalue weighted by molar-refractivity contribution is 0.102. The molecule has 0 aliphatic carbocycles. The first kappa shape index (κ1) is 23.9. The summed E-state index contributed by atoms with van der Waals surface area (Å²) in [6, 6.07) is 21.8. The average molecular weight is 493 g/mol. The SMILES string of the molecule is COc1ccc(NS(=O)(=O)c2ccc(OC)c(NC(=O)c3cc4ccccc4cc3OC)c2)cc1. The highest BCUT2D eigenvalue weighted by molar-refractivity contribution is 7.92. The van der Waals surface area contributed by atoms with Crippen molar-refractivity contribution in [3.63, 3.8) is 0 Å². The van der Waals surface area contributed by atoms with Crippen molar-refractivity contribution < 1.29 is 27.4 Å². The normalized spacial score (nSPS) is 11.1. The largest absolute Gasteiger partial charge is 0.497 e. The van der Waals surface area contributed by atoms with Crippen LogP contribution < -0.4 is 24.2 Å². The lowest BCUT2D eigenvalue weighted by Crippen LogP contribution is -2.16. The van der Waals surface area contributed by atoms with Crippen LogP contribution in [-0.4, -0.2) is 35.7 Å². The molecule has 1 amide bonds. The Balaban J connectivity index is 1.65. The van der Waals surface area contributed by atoms with E-state index < -0.39 is 15.9 Å². The molecular formula is C26H24N2O6S. The summed E-state index contributed by atoms with van der Waals surface area (Å²) in [6.45, 7) is 0. The standard InChI is InChI=1S/C26H24N2O6S/c1-32-20-10-8-19(9-11-20)28-35(30,31)21-12-13-24(33-2)23(16-21)27-26(29)22-14-17-6-4-5-7-18(17)15-25(22)34-3/h4-16,28H,1-3H3,(H,27,29). The molecule has 0 unspecified atom stereocenters. The van der Waals surface area contributed by atoms with Gasteiger partial charge < -0.3 is 19.5 Å². The number of fused-ring (bicyclic) bond motifs is 1. The fraction of sp³-hybridized carbons (Fsp3) is 0.115. The summed E-state index contributed by atoms with van der Waals surface area (Å²) >= 11 is 0. The Kier molecular flexibility index (Phi) is 6.79. The Labute approximate surface area is 203 Å². The number of carbonyl (C=O) groups excluding carboxylic acids is 1. The number of hydrogen-bond acceptors (Lipinski definition) is 6. The molecule has 0 aliphatic rings. The van der Waals surface area contributed by atoms with Gasteiger partial charge in [-0.2, -0.15) is 0 Å². The number of sulfonamides is 1. The predicted molar refractivity (Wildman–Crippen MR) is 135 cm³/mol. The Bertz CT molecular complexity index is 1480. The molecule has 0 atom stereocenters. The molecule has 0 saturated carbocycles. The van der Waals surface area contributed by atoms with Gasteiger partial charge in [0, 0.05) is 5.69 Å². The first-order chi connectivity index (χ1) is 16.8. The first-order valence-corrected chi connectivity index (χ1v) is 12.1. The molecule has 0 spiro atoms. The number of anilines is 2. The predicted octanol–water partition coefficient (Wildman–Crippen LogP) is 4.92. The number of nitrogens with one attached hydrogen (secondary N) is 2. The van der Waals surface area contributed by atoms with E-state index in [4.69, 9.17) is 14.2 Å². The maximum atomic E-state index is 13.2. The van der Waals surface area contributed by atoms with E-state index in [0.29, 0.717) is 28.5 Å². The Hall–Kier alpha value is -4.24. The number of ether oxygens (including phenoxy) is 3. The zero-order valence-corrected chi connectivity index (χ0v) is 20.2. The van der Waals surface area contributed by atoms with Crippen LogP contribution in [0.4, 0.5) is 11.4 Å². The molecule has 0 saturated heterocycles. The van der Waals surface area contributed by atoms with Crippen molar-refractivity contribution in [2.75, 3.05) is 31.4 Å². The smallest absolute Gasteiger partial charge is 0.261 e. The Morgan fingerprint density at radius 3 is 2.03 bits per heavy atom. The van der Waals surface area contributed by atoms with Gasteiger partial charge in [-0.05, 0) is 65.4 Å². The highest BCUT2D eigenvalue weighted by Gasteiger charge is 2.20. The van der Waals surface area contributed by atoms with Gasteiger partial charge in [-0.25, -0.2) is 8.42 Å². The molecule has 35 heavy (non-hydrogen) atoms. The van der Waals surface area contributed by atoms with E-state index in [0.717, 1.165) is 10.8 Å². The molecule has 2 N–H and O–H groups in total. The fourth-order valence-corrected chi connectivity index (χ4v) is 4.66. The molecular weight excluding hydrogens is 468 g/mol. The monoisotopic (exact) mass is 492 g/mol. The highest BCUT2D eigenvalue weighted by atomic mass is 32.2. The van der Waals surface area contributed by atoms with Gasteiger partial charge in [0.25, 0.3) is 15.9 Å². The van der Waals surface area contributed by atoms with Crippen LogP contribution in [0.15, 0.2) is 83.8 Å². The van der Waals surface area contributed by atoms with Crippen LogP contribution in [0.25, 0.3) is 10.8 Å². The molecule has 4 rings (SSSR count). The summed E-state index contributed by atoms with van der Waals surface area (Å²) in [6.07, 6.45) is 0. The van der Waals surface area contributed by atoms with Gasteiger partial charge in [0.2, 0.25) is 0 Å². The van der Waals surface area contributed by atoms with Crippen LogP contribution in [0.1, 0.15) is 10.4 Å². The average Bonchev–Trinajstić information content (AvgIpc) is 2.88. The maximum absolute atomic E-state index is 13.2. The molecule has 180 valence electrons. The van der Waals surface area contributed by atoms with Gasteiger partial charge in [0.15, 0.2) is 0 Å². The quantitative estimate of drug-likeness (QED) is 0.362. The summed E-state index contributed by atoms with van der Waals surface area (Å²) in [4.78, 5) is 13.1. The first-order valence-electron chi connectivity index (χ1n) is 10.6. The zero-order chi connectivity index (χ0) is 25.0. The summed E-state index contributed by atoms with van der Waals surface area (Å²) in [5.74, 6) is 0.835. The molecule has 4 aromatic rings. The minimum Gasteiger partial charge on any atom is -0.497 e. The van der Waals surface area contributed by atoms with Crippen molar-refractivity contribution in [2.45, 2.75) is 4.90 Å². The molecule has 0 aliphatic heterocycles. The van der Waals surface area contributed by atoms with E-state index in [1.54, 1.807) is 36.4 Å². The molecule has 0 heterocycles. The fourth-order valence-electron chi connectivity index (χ4n) is 3.58. The van der Waals surface area contributed by atoms with Crippen LogP contribution >= 0.6 is 0 Å². The van der Waals surface area contributed by atoms with E-state index in [9.17, 15) is 13.2 Å². The summed E-state index contributed by atoms with van der Waals surface area (Å²) in [5, 5.41) is 4.55. The van der Waals surface area contributed by atoms with Crippen LogP contribution in [0.5, 0.6) is 17.2 Å². The minimum absolute atomic E-state index is 0.0464. The van der Waals surface area contributed by atoms with Crippen molar-refractivity contribution in [1.29, 1.82) is 0 Å². The third-order valence-electron chi connectivity index (χ3n) is 5.38. The van der Waals surface area contributed by atoms with Crippen LogP contribution in [0.3, 0.4) is 0 Å². The van der Waals surface area contributed by atoms with Gasteiger partial charge in [-0.15, -0.1) is 0 Å². The van der Waals surface area contributed by atoms with Crippen LogP contribution in [0.2, 0.25) is 0 Å². The molecule has 0 aromatic heterocycles. The Morgan fingerprint density at radius 2 is 1.40 bits per heavy atom. The summed E-state index contributed by atoms with van der Waals surface area (Å²) < 4.78 is 44.4. The number of carbonyl (C=O) groups is 1. The maximum Gasteiger partial charge on any atom is 0.261 e. The second-order valence-corrected chi connectivity index (χ2v) is 9.23. The van der Waals surface area contributed by atoms with Crippen molar-refractivity contribution in [1.82, 2.24) is 0 Å². The molecule has 0 fully saturated rings. The van der Waals surface area contributed by atoms with E-state index in [1.807, 2.05) is 24.3 Å². The van der Waals surface area contributed by atoms with Crippen LogP contribution in [-0.2, 0) is 10.0 Å². The lowest BCUT2D eigenvalue weighted by atomic mass is 10.1. The molecule has 4 aromatic carbocycles. The van der Waals surface area contributed by atoms with Crippen molar-refractivity contribution >= 4 is 38.1 Å². The van der Waals surface area contributed by atoms with Crippen molar-refractivity contribution in [3.8, 4) is 17.2 Å². The third-order valence-corrected chi connectivity index (χ3v) is 6.76. The van der Waals surface area contributed by atoms with E-state index in [2.05, 4.69) is 10.0 Å². The zero-order valence-electron chi connectivity index (χ0n) is 19.4. The van der Waals surface area contributed by atoms with Gasteiger partial charge in [0.1, 0.15) is 17.2 Å².